The van der Waals surface area contributed by atoms with Crippen molar-refractivity contribution in [3.63, 3.8) is 0 Å². The van der Waals surface area contributed by atoms with Crippen LogP contribution in [0.25, 0.3) is 10.9 Å². The highest BCUT2D eigenvalue weighted by Gasteiger charge is 2.31. The summed E-state index contributed by atoms with van der Waals surface area (Å²) in [5.74, 6) is -0.589. The fourth-order valence-electron chi connectivity index (χ4n) is 2.47. The van der Waals surface area contributed by atoms with Crippen LogP contribution < -0.4 is 15.4 Å². The SMILES string of the molecule is O=C(N[C@@H]1CCNC1)c1cc2cc(OC(F)(F)F)ccc2[nH]1. The molecule has 1 amide bonds. The number of H-pyrrole nitrogens is 1. The predicted molar refractivity (Wildman–Crippen MR) is 73.7 cm³/mol. The first-order valence-corrected chi connectivity index (χ1v) is 6.81. The van der Waals surface area contributed by atoms with E-state index in [9.17, 15) is 18.0 Å². The van der Waals surface area contributed by atoms with Crippen molar-refractivity contribution in [2.75, 3.05) is 13.1 Å². The van der Waals surface area contributed by atoms with Gasteiger partial charge in [0, 0.05) is 23.5 Å². The highest BCUT2D eigenvalue weighted by Crippen LogP contribution is 2.26. The van der Waals surface area contributed by atoms with E-state index < -0.39 is 6.36 Å². The normalized spacial score (nSPS) is 18.6. The Morgan fingerprint density at radius 1 is 1.32 bits per heavy atom. The Bertz CT molecular complexity index is 690. The average Bonchev–Trinajstić information content (AvgIpc) is 3.04. The highest BCUT2D eigenvalue weighted by atomic mass is 19.4. The Labute approximate surface area is 123 Å². The van der Waals surface area contributed by atoms with E-state index in [1.54, 1.807) is 0 Å². The van der Waals surface area contributed by atoms with Gasteiger partial charge >= 0.3 is 6.36 Å². The number of carbonyl (C=O) groups is 1. The topological polar surface area (TPSA) is 66.2 Å². The van der Waals surface area contributed by atoms with Gasteiger partial charge in [-0.25, -0.2) is 0 Å². The molecule has 2 heterocycles. The smallest absolute Gasteiger partial charge is 0.406 e. The van der Waals surface area contributed by atoms with Gasteiger partial charge in [0.05, 0.1) is 0 Å². The summed E-state index contributed by atoms with van der Waals surface area (Å²) in [5, 5.41) is 6.48. The number of aromatic amines is 1. The summed E-state index contributed by atoms with van der Waals surface area (Å²) < 4.78 is 40.5. The lowest BCUT2D eigenvalue weighted by atomic mass is 10.2. The van der Waals surface area contributed by atoms with E-state index in [0.717, 1.165) is 19.5 Å². The minimum absolute atomic E-state index is 0.0723. The summed E-state index contributed by atoms with van der Waals surface area (Å²) in [6.45, 7) is 1.57. The molecule has 0 saturated carbocycles. The maximum absolute atomic E-state index is 12.2. The van der Waals surface area contributed by atoms with Gasteiger partial charge < -0.3 is 20.4 Å². The van der Waals surface area contributed by atoms with Gasteiger partial charge in [0.2, 0.25) is 0 Å². The molecule has 0 spiro atoms. The molecular weight excluding hydrogens is 299 g/mol. The highest BCUT2D eigenvalue weighted by molar-refractivity contribution is 5.98. The van der Waals surface area contributed by atoms with Gasteiger partial charge in [-0.2, -0.15) is 0 Å². The lowest BCUT2D eigenvalue weighted by Gasteiger charge is -2.09. The molecule has 1 fully saturated rings. The zero-order valence-corrected chi connectivity index (χ0v) is 11.5. The Balaban J connectivity index is 1.78. The second-order valence-electron chi connectivity index (χ2n) is 5.14. The molecule has 1 atom stereocenters. The van der Waals surface area contributed by atoms with Crippen LogP contribution in [0.15, 0.2) is 24.3 Å². The van der Waals surface area contributed by atoms with Crippen molar-refractivity contribution >= 4 is 16.8 Å². The molecule has 1 saturated heterocycles. The van der Waals surface area contributed by atoms with Gasteiger partial charge in [-0.15, -0.1) is 13.2 Å². The quantitative estimate of drug-likeness (QED) is 0.813. The van der Waals surface area contributed by atoms with Crippen LogP contribution in [-0.2, 0) is 0 Å². The van der Waals surface area contributed by atoms with Crippen molar-refractivity contribution in [3.05, 3.63) is 30.0 Å². The second-order valence-corrected chi connectivity index (χ2v) is 5.14. The van der Waals surface area contributed by atoms with E-state index in [1.165, 1.54) is 24.3 Å². The van der Waals surface area contributed by atoms with Crippen LogP contribution in [0.2, 0.25) is 0 Å². The lowest BCUT2D eigenvalue weighted by Crippen LogP contribution is -2.36. The fraction of sp³-hybridized carbons (Fsp3) is 0.357. The van der Waals surface area contributed by atoms with Gasteiger partial charge in [-0.05, 0) is 37.2 Å². The van der Waals surface area contributed by atoms with Crippen molar-refractivity contribution in [2.45, 2.75) is 18.8 Å². The van der Waals surface area contributed by atoms with Crippen LogP contribution in [0.5, 0.6) is 5.75 Å². The summed E-state index contributed by atoms with van der Waals surface area (Å²) in [5.41, 5.74) is 0.885. The molecule has 3 N–H and O–H groups in total. The Morgan fingerprint density at radius 3 is 2.82 bits per heavy atom. The monoisotopic (exact) mass is 313 g/mol. The maximum Gasteiger partial charge on any atom is 0.573 e. The number of fused-ring (bicyclic) bond motifs is 1. The van der Waals surface area contributed by atoms with Gasteiger partial charge in [-0.3, -0.25) is 4.79 Å². The summed E-state index contributed by atoms with van der Waals surface area (Å²) in [4.78, 5) is 15.0. The van der Waals surface area contributed by atoms with E-state index in [2.05, 4.69) is 20.4 Å². The minimum atomic E-state index is -4.74. The summed E-state index contributed by atoms with van der Waals surface area (Å²) in [7, 11) is 0. The van der Waals surface area contributed by atoms with E-state index in [1.807, 2.05) is 0 Å². The molecule has 0 unspecified atom stereocenters. The molecule has 1 aliphatic heterocycles. The van der Waals surface area contributed by atoms with Crippen molar-refractivity contribution in [2.24, 2.45) is 0 Å². The van der Waals surface area contributed by atoms with Crippen LogP contribution in [0, 0.1) is 0 Å². The van der Waals surface area contributed by atoms with E-state index in [4.69, 9.17) is 0 Å². The number of hydrogen-bond donors (Lipinski definition) is 3. The minimum Gasteiger partial charge on any atom is -0.406 e. The molecule has 0 radical (unpaired) electrons. The van der Waals surface area contributed by atoms with Crippen LogP contribution in [0.4, 0.5) is 13.2 Å². The first-order chi connectivity index (χ1) is 10.4. The number of benzene rings is 1. The zero-order valence-electron chi connectivity index (χ0n) is 11.5. The molecule has 0 bridgehead atoms. The molecular formula is C14H14F3N3O2. The van der Waals surface area contributed by atoms with Crippen LogP contribution in [0.3, 0.4) is 0 Å². The molecule has 118 valence electrons. The zero-order chi connectivity index (χ0) is 15.7. The lowest BCUT2D eigenvalue weighted by molar-refractivity contribution is -0.274. The first-order valence-electron chi connectivity index (χ1n) is 6.81. The van der Waals surface area contributed by atoms with Crippen LogP contribution in [0.1, 0.15) is 16.9 Å². The van der Waals surface area contributed by atoms with Crippen molar-refractivity contribution < 1.29 is 22.7 Å². The van der Waals surface area contributed by atoms with Gasteiger partial charge in [0.1, 0.15) is 11.4 Å². The third-order valence-corrected chi connectivity index (χ3v) is 3.47. The molecule has 2 aromatic rings. The third-order valence-electron chi connectivity index (χ3n) is 3.47. The number of ether oxygens (including phenoxy) is 1. The standard InChI is InChI=1S/C14H14F3N3O2/c15-14(16,17)22-10-1-2-11-8(5-10)6-12(20-11)13(21)19-9-3-4-18-7-9/h1-2,5-6,9,18,20H,3-4,7H2,(H,19,21)/t9-/m1/s1. The summed E-state index contributed by atoms with van der Waals surface area (Å²) in [6, 6.07) is 5.48. The average molecular weight is 313 g/mol. The molecule has 1 aromatic heterocycles. The second kappa shape index (κ2) is 5.53. The molecule has 1 aliphatic rings. The fourth-order valence-corrected chi connectivity index (χ4v) is 2.47. The predicted octanol–water partition coefficient (Wildman–Crippen LogP) is 2.16. The number of rotatable bonds is 3. The number of hydrogen-bond acceptors (Lipinski definition) is 3. The number of halogens is 3. The molecule has 5 nitrogen and oxygen atoms in total. The van der Waals surface area contributed by atoms with Gasteiger partial charge in [0.15, 0.2) is 0 Å². The van der Waals surface area contributed by atoms with Crippen molar-refractivity contribution in [1.82, 2.24) is 15.6 Å². The molecule has 1 aromatic carbocycles. The maximum atomic E-state index is 12.2. The Kier molecular flexibility index (Phi) is 3.69. The van der Waals surface area contributed by atoms with E-state index in [-0.39, 0.29) is 17.7 Å². The Hall–Kier alpha value is -2.22. The summed E-state index contributed by atoms with van der Waals surface area (Å²) in [6.07, 6.45) is -3.88. The van der Waals surface area contributed by atoms with Crippen molar-refractivity contribution in [3.8, 4) is 5.75 Å². The van der Waals surface area contributed by atoms with Gasteiger partial charge in [-0.1, -0.05) is 0 Å². The number of alkyl halides is 3. The summed E-state index contributed by atoms with van der Waals surface area (Å²) >= 11 is 0. The van der Waals surface area contributed by atoms with E-state index in [0.29, 0.717) is 16.6 Å². The largest absolute Gasteiger partial charge is 0.573 e. The van der Waals surface area contributed by atoms with Crippen molar-refractivity contribution in [1.29, 1.82) is 0 Å². The third kappa shape index (κ3) is 3.33. The molecule has 8 heteroatoms. The van der Waals surface area contributed by atoms with Crippen LogP contribution in [-0.4, -0.2) is 36.4 Å². The Morgan fingerprint density at radius 2 is 2.14 bits per heavy atom. The number of carbonyl (C=O) groups excluding carboxylic acids is 1. The number of amides is 1. The van der Waals surface area contributed by atoms with Crippen LogP contribution >= 0.6 is 0 Å². The number of aromatic nitrogens is 1. The number of nitrogens with one attached hydrogen (secondary N) is 3. The van der Waals surface area contributed by atoms with Gasteiger partial charge in [0.25, 0.3) is 5.91 Å². The van der Waals surface area contributed by atoms with E-state index >= 15 is 0 Å². The molecule has 3 rings (SSSR count). The molecule has 0 aliphatic carbocycles. The molecule has 22 heavy (non-hydrogen) atoms. The first kappa shape index (κ1) is 14.7.